The highest BCUT2D eigenvalue weighted by Crippen LogP contribution is 2.57. The first-order valence-electron chi connectivity index (χ1n) is 8.58. The Balaban J connectivity index is 1.72. The third kappa shape index (κ3) is 2.29. The molecule has 130 valence electrons. The summed E-state index contributed by atoms with van der Waals surface area (Å²) in [4.78, 5) is 28.4. The summed E-state index contributed by atoms with van der Waals surface area (Å²) in [5, 5.41) is 12.0. The third-order valence-electron chi connectivity index (χ3n) is 6.05. The molecule has 1 aromatic carbocycles. The number of carboxylic acids is 1. The molecule has 1 amide bonds. The smallest absolute Gasteiger partial charge is 0.311 e. The van der Waals surface area contributed by atoms with Gasteiger partial charge < -0.3 is 10.0 Å². The largest absolute Gasteiger partial charge is 0.481 e. The number of amides is 1. The van der Waals surface area contributed by atoms with E-state index >= 15 is 0 Å². The van der Waals surface area contributed by atoms with E-state index in [0.29, 0.717) is 6.54 Å². The van der Waals surface area contributed by atoms with Gasteiger partial charge in [-0.05, 0) is 29.7 Å². The van der Waals surface area contributed by atoms with Gasteiger partial charge in [0.25, 0.3) is 0 Å². The minimum atomic E-state index is -1.09. The van der Waals surface area contributed by atoms with Crippen LogP contribution >= 0.6 is 11.8 Å². The van der Waals surface area contributed by atoms with Crippen LogP contribution in [0, 0.1) is 23.2 Å². The molecular weight excluding hydrogens is 334 g/mol. The highest BCUT2D eigenvalue weighted by Gasteiger charge is 2.61. The summed E-state index contributed by atoms with van der Waals surface area (Å²) in [5.74, 6) is -1.67. The molecule has 1 fully saturated rings. The van der Waals surface area contributed by atoms with Gasteiger partial charge in [0, 0.05) is 18.4 Å². The SMILES string of the molecule is C[C@H](c1ccccc1)N1C[C@@H]2C=C3SC=C[C@@H]3[C@@](C)(C(=O)O)[C@H]2C1=O. The predicted molar refractivity (Wildman–Crippen MR) is 97.6 cm³/mol. The molecule has 1 aromatic rings. The van der Waals surface area contributed by atoms with E-state index in [1.165, 1.54) is 0 Å². The maximum Gasteiger partial charge on any atom is 0.311 e. The number of benzene rings is 1. The molecule has 0 unspecified atom stereocenters. The number of carbonyl (C=O) groups is 2. The second-order valence-corrected chi connectivity index (χ2v) is 8.28. The molecule has 0 bridgehead atoms. The summed E-state index contributed by atoms with van der Waals surface area (Å²) in [7, 11) is 0. The van der Waals surface area contributed by atoms with Gasteiger partial charge in [-0.25, -0.2) is 0 Å². The van der Waals surface area contributed by atoms with Gasteiger partial charge >= 0.3 is 5.97 Å². The van der Waals surface area contributed by atoms with Crippen molar-refractivity contribution < 1.29 is 14.7 Å². The van der Waals surface area contributed by atoms with Crippen molar-refractivity contribution in [2.24, 2.45) is 23.2 Å². The molecule has 0 saturated carbocycles. The topological polar surface area (TPSA) is 57.6 Å². The van der Waals surface area contributed by atoms with Gasteiger partial charge in [-0.2, -0.15) is 0 Å². The van der Waals surface area contributed by atoms with Gasteiger partial charge in [-0.15, -0.1) is 11.8 Å². The van der Waals surface area contributed by atoms with E-state index in [-0.39, 0.29) is 23.8 Å². The minimum absolute atomic E-state index is 0.0353. The van der Waals surface area contributed by atoms with Crippen LogP contribution < -0.4 is 0 Å². The predicted octanol–water partition coefficient (Wildman–Crippen LogP) is 3.69. The van der Waals surface area contributed by atoms with Crippen LogP contribution in [-0.2, 0) is 9.59 Å². The number of carboxylic acid groups (broad SMARTS) is 1. The number of hydrogen-bond acceptors (Lipinski definition) is 3. The second-order valence-electron chi connectivity index (χ2n) is 7.30. The van der Waals surface area contributed by atoms with E-state index in [2.05, 4.69) is 6.08 Å². The number of rotatable bonds is 3. The van der Waals surface area contributed by atoms with E-state index in [0.717, 1.165) is 10.5 Å². The normalized spacial score (nSPS) is 34.5. The standard InChI is InChI=1S/C20H21NO3S/c1-12(13-6-4-3-5-7-13)21-11-14-10-16-15(8-9-25-16)20(2,19(23)24)17(14)18(21)22/h3-10,12,14-15,17H,11H2,1-2H3,(H,23,24)/t12-,14+,15+,17-,20-/m1/s1. The molecule has 3 aliphatic rings. The lowest BCUT2D eigenvalue weighted by molar-refractivity contribution is -0.159. The van der Waals surface area contributed by atoms with Crippen molar-refractivity contribution in [3.05, 3.63) is 58.4 Å². The molecule has 4 nitrogen and oxygen atoms in total. The average molecular weight is 355 g/mol. The van der Waals surface area contributed by atoms with Crippen molar-refractivity contribution in [1.29, 1.82) is 0 Å². The first-order chi connectivity index (χ1) is 11.9. The molecule has 1 aliphatic carbocycles. The quantitative estimate of drug-likeness (QED) is 0.898. The maximum atomic E-state index is 13.3. The average Bonchev–Trinajstić information content (AvgIpc) is 3.20. The summed E-state index contributed by atoms with van der Waals surface area (Å²) in [6.07, 6.45) is 4.08. The number of likely N-dealkylation sites (tertiary alicyclic amines) is 1. The zero-order chi connectivity index (χ0) is 17.8. The molecule has 4 rings (SSSR count). The molecule has 25 heavy (non-hydrogen) atoms. The van der Waals surface area contributed by atoms with Crippen molar-refractivity contribution in [2.75, 3.05) is 6.54 Å². The Morgan fingerprint density at radius 1 is 1.36 bits per heavy atom. The van der Waals surface area contributed by atoms with Crippen molar-refractivity contribution in [3.63, 3.8) is 0 Å². The zero-order valence-electron chi connectivity index (χ0n) is 14.3. The van der Waals surface area contributed by atoms with Crippen LogP contribution in [0.5, 0.6) is 0 Å². The van der Waals surface area contributed by atoms with E-state index in [9.17, 15) is 14.7 Å². The Hall–Kier alpha value is -2.01. The Kier molecular flexibility index (Phi) is 3.80. The first-order valence-corrected chi connectivity index (χ1v) is 9.46. The molecule has 1 saturated heterocycles. The monoisotopic (exact) mass is 355 g/mol. The molecule has 1 N–H and O–H groups in total. The molecular formula is C20H21NO3S. The first kappa shape index (κ1) is 16.5. The van der Waals surface area contributed by atoms with Gasteiger partial charge in [0.1, 0.15) is 0 Å². The van der Waals surface area contributed by atoms with E-state index < -0.39 is 17.3 Å². The lowest BCUT2D eigenvalue weighted by Gasteiger charge is -2.41. The fraction of sp³-hybridized carbons (Fsp3) is 0.400. The second kappa shape index (κ2) is 5.77. The Labute approximate surface area is 151 Å². The minimum Gasteiger partial charge on any atom is -0.481 e. The molecule has 5 heteroatoms. The van der Waals surface area contributed by atoms with Gasteiger partial charge in [0.2, 0.25) is 5.91 Å². The molecule has 5 atom stereocenters. The van der Waals surface area contributed by atoms with Crippen LogP contribution in [0.3, 0.4) is 0 Å². The molecule has 2 aliphatic heterocycles. The summed E-state index contributed by atoms with van der Waals surface area (Å²) < 4.78 is 0. The van der Waals surface area contributed by atoms with Gasteiger partial charge in [0.05, 0.1) is 17.4 Å². The lowest BCUT2D eigenvalue weighted by Crippen LogP contribution is -2.49. The zero-order valence-corrected chi connectivity index (χ0v) is 15.1. The highest BCUT2D eigenvalue weighted by atomic mass is 32.2. The van der Waals surface area contributed by atoms with Gasteiger partial charge in [0.15, 0.2) is 0 Å². The van der Waals surface area contributed by atoms with Crippen molar-refractivity contribution >= 4 is 23.6 Å². The van der Waals surface area contributed by atoms with Gasteiger partial charge in [-0.3, -0.25) is 9.59 Å². The number of hydrogen-bond donors (Lipinski definition) is 1. The number of fused-ring (bicyclic) bond motifs is 2. The molecule has 0 spiro atoms. The maximum absolute atomic E-state index is 13.3. The van der Waals surface area contributed by atoms with Crippen molar-refractivity contribution in [3.8, 4) is 0 Å². The fourth-order valence-corrected chi connectivity index (χ4v) is 5.68. The van der Waals surface area contributed by atoms with Crippen LogP contribution in [-0.4, -0.2) is 28.4 Å². The molecule has 0 aromatic heterocycles. The molecule has 2 heterocycles. The Bertz CT molecular complexity index is 787. The van der Waals surface area contributed by atoms with E-state index in [1.54, 1.807) is 18.7 Å². The number of carbonyl (C=O) groups excluding carboxylic acids is 1. The van der Waals surface area contributed by atoms with Crippen LogP contribution in [0.1, 0.15) is 25.5 Å². The lowest BCUT2D eigenvalue weighted by atomic mass is 9.61. The van der Waals surface area contributed by atoms with Crippen molar-refractivity contribution in [1.82, 2.24) is 4.90 Å². The van der Waals surface area contributed by atoms with E-state index in [4.69, 9.17) is 0 Å². The van der Waals surface area contributed by atoms with Crippen LogP contribution in [0.4, 0.5) is 0 Å². The van der Waals surface area contributed by atoms with Gasteiger partial charge in [-0.1, -0.05) is 42.5 Å². The number of aliphatic carboxylic acids is 1. The molecule has 0 radical (unpaired) electrons. The summed E-state index contributed by atoms with van der Waals surface area (Å²) >= 11 is 1.59. The number of allylic oxidation sites excluding steroid dienone is 2. The van der Waals surface area contributed by atoms with Crippen molar-refractivity contribution in [2.45, 2.75) is 19.9 Å². The van der Waals surface area contributed by atoms with Crippen LogP contribution in [0.25, 0.3) is 0 Å². The number of thioether (sulfide) groups is 1. The Morgan fingerprint density at radius 2 is 2.08 bits per heavy atom. The highest BCUT2D eigenvalue weighted by molar-refractivity contribution is 8.06. The van der Waals surface area contributed by atoms with Crippen LogP contribution in [0.2, 0.25) is 0 Å². The summed E-state index contributed by atoms with van der Waals surface area (Å²) in [5.41, 5.74) is -0.00887. The van der Waals surface area contributed by atoms with E-state index in [1.807, 2.05) is 53.6 Å². The van der Waals surface area contributed by atoms with Crippen LogP contribution in [0.15, 0.2) is 52.8 Å². The Morgan fingerprint density at radius 3 is 2.76 bits per heavy atom. The fourth-order valence-electron chi connectivity index (χ4n) is 4.57. The number of nitrogens with zero attached hydrogens (tertiary/aromatic N) is 1. The summed E-state index contributed by atoms with van der Waals surface area (Å²) in [6.45, 7) is 4.35. The summed E-state index contributed by atoms with van der Waals surface area (Å²) in [6, 6.07) is 9.87. The third-order valence-corrected chi connectivity index (χ3v) is 7.00.